The molecule has 0 atom stereocenters. The molecule has 2 heteroatoms. The molecule has 59 valence electrons. The van der Waals surface area contributed by atoms with E-state index in [1.807, 2.05) is 24.3 Å². The van der Waals surface area contributed by atoms with E-state index in [0.717, 1.165) is 16.5 Å². The van der Waals surface area contributed by atoms with Crippen molar-refractivity contribution in [2.75, 3.05) is 0 Å². The lowest BCUT2D eigenvalue weighted by Gasteiger charge is -1.98. The fraction of sp³-hybridized carbons (Fsp3) is 0. The minimum absolute atomic E-state index is 0.660. The number of aromatic nitrogens is 1. The van der Waals surface area contributed by atoms with E-state index in [4.69, 9.17) is 11.6 Å². The largest absolute Gasteiger partial charge is 0.255 e. The van der Waals surface area contributed by atoms with Crippen molar-refractivity contribution < 1.29 is 0 Å². The molecule has 0 saturated heterocycles. The minimum atomic E-state index is 0.660. The number of nitrogens with zero attached hydrogens (tertiary/aromatic N) is 1. The van der Waals surface area contributed by atoms with Gasteiger partial charge in [-0.25, -0.2) is 0 Å². The summed E-state index contributed by atoms with van der Waals surface area (Å²) in [5.74, 6) is 0. The van der Waals surface area contributed by atoms with Crippen molar-refractivity contribution in [2.24, 2.45) is 0 Å². The molecule has 1 heterocycles. The van der Waals surface area contributed by atoms with Crippen molar-refractivity contribution >= 4 is 22.5 Å². The number of halogens is 1. The lowest BCUT2D eigenvalue weighted by molar-refractivity contribution is 1.41. The van der Waals surface area contributed by atoms with E-state index in [-0.39, 0.29) is 0 Å². The summed E-state index contributed by atoms with van der Waals surface area (Å²) in [5, 5.41) is 1.70. The summed E-state index contributed by atoms with van der Waals surface area (Å²) < 4.78 is 0. The van der Waals surface area contributed by atoms with Gasteiger partial charge < -0.3 is 0 Å². The summed E-state index contributed by atoms with van der Waals surface area (Å²) in [5.41, 5.74) is 1.93. The second-order valence-corrected chi connectivity index (χ2v) is 3.12. The molecule has 2 aromatic rings. The van der Waals surface area contributed by atoms with Gasteiger partial charge in [0, 0.05) is 11.6 Å². The van der Waals surface area contributed by atoms with Crippen LogP contribution >= 0.6 is 11.6 Å². The molecule has 0 bridgehead atoms. The van der Waals surface area contributed by atoms with Crippen LogP contribution in [0.3, 0.4) is 0 Å². The summed E-state index contributed by atoms with van der Waals surface area (Å²) in [6.07, 6.45) is 1.65. The average molecular weight is 177 g/mol. The molecule has 0 aliphatic heterocycles. The van der Waals surface area contributed by atoms with Crippen molar-refractivity contribution in [1.82, 2.24) is 4.98 Å². The maximum atomic E-state index is 5.79. The van der Waals surface area contributed by atoms with E-state index in [9.17, 15) is 0 Å². The zero-order valence-corrected chi connectivity index (χ0v) is 7.17. The number of benzene rings is 1. The predicted molar refractivity (Wildman–Crippen MR) is 51.2 cm³/mol. The minimum Gasteiger partial charge on any atom is -0.255 e. The van der Waals surface area contributed by atoms with Gasteiger partial charge in [0.05, 0.1) is 10.5 Å². The number of rotatable bonds is 0. The molecule has 0 aliphatic carbocycles. The van der Waals surface area contributed by atoms with E-state index in [1.54, 1.807) is 6.20 Å². The van der Waals surface area contributed by atoms with Crippen LogP contribution in [0.4, 0.5) is 0 Å². The van der Waals surface area contributed by atoms with Crippen molar-refractivity contribution in [2.45, 2.75) is 0 Å². The van der Waals surface area contributed by atoms with Crippen molar-refractivity contribution in [1.29, 1.82) is 0 Å². The monoisotopic (exact) mass is 176 g/mol. The summed E-state index contributed by atoms with van der Waals surface area (Å²) in [7, 11) is 0. The Hall–Kier alpha value is -1.08. The first kappa shape index (κ1) is 7.56. The fourth-order valence-corrected chi connectivity index (χ4v) is 1.32. The average Bonchev–Trinajstić information content (AvgIpc) is 2.03. The molecule has 0 amide bonds. The molecular weight excluding hydrogens is 170 g/mol. The molecule has 0 unspecified atom stereocenters. The van der Waals surface area contributed by atoms with Gasteiger partial charge in [0.25, 0.3) is 0 Å². The molecule has 0 aliphatic rings. The van der Waals surface area contributed by atoms with Gasteiger partial charge >= 0.3 is 0 Å². The smallest absolute Gasteiger partial charge is 0.0703 e. The SMILES string of the molecule is [CH2]c1ccc2ncc(Cl)cc2c1. The van der Waals surface area contributed by atoms with Gasteiger partial charge in [0.2, 0.25) is 0 Å². The lowest BCUT2D eigenvalue weighted by atomic mass is 10.1. The molecule has 0 fully saturated rings. The standard InChI is InChI=1S/C10H7ClN/c1-7-2-3-10-8(4-7)5-9(11)6-12-10/h2-6H,1H2. The summed E-state index contributed by atoms with van der Waals surface area (Å²) in [4.78, 5) is 4.16. The van der Waals surface area contributed by atoms with Crippen LogP contribution in [0.5, 0.6) is 0 Å². The Morgan fingerprint density at radius 3 is 2.92 bits per heavy atom. The van der Waals surface area contributed by atoms with Gasteiger partial charge in [0.15, 0.2) is 0 Å². The van der Waals surface area contributed by atoms with Crippen LogP contribution in [-0.4, -0.2) is 4.98 Å². The molecule has 1 radical (unpaired) electrons. The van der Waals surface area contributed by atoms with Crippen LogP contribution in [0, 0.1) is 6.92 Å². The van der Waals surface area contributed by atoms with Crippen LogP contribution in [0.2, 0.25) is 5.02 Å². The fourth-order valence-electron chi connectivity index (χ4n) is 1.15. The maximum absolute atomic E-state index is 5.79. The van der Waals surface area contributed by atoms with Gasteiger partial charge in [-0.1, -0.05) is 17.7 Å². The highest BCUT2D eigenvalue weighted by Crippen LogP contribution is 2.17. The first-order valence-corrected chi connectivity index (χ1v) is 4.01. The van der Waals surface area contributed by atoms with E-state index in [2.05, 4.69) is 11.9 Å². The van der Waals surface area contributed by atoms with Gasteiger partial charge in [-0.2, -0.15) is 0 Å². The third-order valence-electron chi connectivity index (χ3n) is 1.71. The van der Waals surface area contributed by atoms with E-state index in [1.165, 1.54) is 0 Å². The van der Waals surface area contributed by atoms with E-state index >= 15 is 0 Å². The Morgan fingerprint density at radius 2 is 2.08 bits per heavy atom. The molecule has 12 heavy (non-hydrogen) atoms. The second kappa shape index (κ2) is 2.76. The van der Waals surface area contributed by atoms with Gasteiger partial charge in [-0.15, -0.1) is 0 Å². The molecule has 0 saturated carbocycles. The number of fused-ring (bicyclic) bond motifs is 1. The maximum Gasteiger partial charge on any atom is 0.0703 e. The molecule has 1 aromatic carbocycles. The molecule has 1 aromatic heterocycles. The Morgan fingerprint density at radius 1 is 1.25 bits per heavy atom. The lowest BCUT2D eigenvalue weighted by Crippen LogP contribution is -1.79. The van der Waals surface area contributed by atoms with Gasteiger partial charge in [-0.05, 0) is 30.7 Å². The zero-order valence-electron chi connectivity index (χ0n) is 6.42. The number of hydrogen-bond acceptors (Lipinski definition) is 1. The topological polar surface area (TPSA) is 12.9 Å². The Balaban J connectivity index is 2.80. The first-order chi connectivity index (χ1) is 5.75. The van der Waals surface area contributed by atoms with Gasteiger partial charge in [0.1, 0.15) is 0 Å². The van der Waals surface area contributed by atoms with Crippen molar-refractivity contribution in [3.8, 4) is 0 Å². The second-order valence-electron chi connectivity index (χ2n) is 2.68. The van der Waals surface area contributed by atoms with Gasteiger partial charge in [-0.3, -0.25) is 4.98 Å². The molecule has 1 nitrogen and oxygen atoms in total. The highest BCUT2D eigenvalue weighted by atomic mass is 35.5. The van der Waals surface area contributed by atoms with Crippen LogP contribution in [0.25, 0.3) is 10.9 Å². The number of hydrogen-bond donors (Lipinski definition) is 0. The quantitative estimate of drug-likeness (QED) is 0.601. The zero-order chi connectivity index (χ0) is 8.55. The van der Waals surface area contributed by atoms with E-state index in [0.29, 0.717) is 5.02 Å². The van der Waals surface area contributed by atoms with Crippen molar-refractivity contribution in [3.63, 3.8) is 0 Å². The summed E-state index contributed by atoms with van der Waals surface area (Å²) in [6.45, 7) is 3.83. The third-order valence-corrected chi connectivity index (χ3v) is 1.92. The summed E-state index contributed by atoms with van der Waals surface area (Å²) in [6, 6.07) is 7.73. The molecule has 2 rings (SSSR count). The van der Waals surface area contributed by atoms with Crippen LogP contribution in [0.15, 0.2) is 30.5 Å². The highest BCUT2D eigenvalue weighted by molar-refractivity contribution is 6.31. The number of pyridine rings is 1. The highest BCUT2D eigenvalue weighted by Gasteiger charge is 1.95. The van der Waals surface area contributed by atoms with E-state index < -0.39 is 0 Å². The first-order valence-electron chi connectivity index (χ1n) is 3.63. The van der Waals surface area contributed by atoms with Crippen LogP contribution in [-0.2, 0) is 0 Å². The molecular formula is C10H7ClN. The van der Waals surface area contributed by atoms with Crippen molar-refractivity contribution in [3.05, 3.63) is 48.0 Å². The third kappa shape index (κ3) is 1.28. The Bertz CT molecular complexity index is 386. The normalized spacial score (nSPS) is 10.5. The summed E-state index contributed by atoms with van der Waals surface area (Å²) >= 11 is 5.79. The Labute approximate surface area is 76.0 Å². The Kier molecular flexibility index (Phi) is 1.74. The van der Waals surface area contributed by atoms with Crippen LogP contribution in [0.1, 0.15) is 5.56 Å². The predicted octanol–water partition coefficient (Wildman–Crippen LogP) is 3.07. The molecule has 0 spiro atoms. The molecule has 0 N–H and O–H groups in total. The van der Waals surface area contributed by atoms with Crippen LogP contribution < -0.4 is 0 Å².